The van der Waals surface area contributed by atoms with Crippen LogP contribution in [0.4, 0.5) is 0 Å². The monoisotopic (exact) mass is 630 g/mol. The van der Waals surface area contributed by atoms with E-state index in [0.29, 0.717) is 0 Å². The minimum atomic E-state index is -4.23. The van der Waals surface area contributed by atoms with E-state index in [0.717, 1.165) is 62.9 Å². The van der Waals surface area contributed by atoms with Crippen molar-refractivity contribution in [2.75, 3.05) is 18.5 Å². The quantitative estimate of drug-likeness (QED) is 0.0744. The first-order chi connectivity index (χ1) is 20.4. The van der Waals surface area contributed by atoms with Crippen LogP contribution >= 0.6 is 15.1 Å². The molecule has 0 saturated heterocycles. The van der Waals surface area contributed by atoms with Gasteiger partial charge in [-0.2, -0.15) is 0 Å². The van der Waals surface area contributed by atoms with Gasteiger partial charge in [-0.15, -0.1) is 0 Å². The second kappa shape index (κ2) is 23.0. The van der Waals surface area contributed by atoms with Gasteiger partial charge < -0.3 is 13.9 Å². The Hall–Kier alpha value is 0.540. The Labute approximate surface area is 263 Å². The topological polar surface area (TPSA) is 58.6 Å². The summed E-state index contributed by atoms with van der Waals surface area (Å²) in [6, 6.07) is 0. The third kappa shape index (κ3) is 15.2. The maximum Gasteiger partial charge on any atom is 0.268 e. The van der Waals surface area contributed by atoms with E-state index in [4.69, 9.17) is 9.05 Å². The van der Waals surface area contributed by atoms with Crippen molar-refractivity contribution < 1.29 is 18.5 Å². The van der Waals surface area contributed by atoms with Crippen molar-refractivity contribution in [1.29, 1.82) is 0 Å². The highest BCUT2D eigenvalue weighted by Crippen LogP contribution is 2.69. The Balaban J connectivity index is 2.16. The Morgan fingerprint density at radius 1 is 0.595 bits per heavy atom. The third-order valence-corrected chi connectivity index (χ3v) is 17.4. The van der Waals surface area contributed by atoms with Gasteiger partial charge in [0.15, 0.2) is 0 Å². The largest absolute Gasteiger partial charge is 0.756 e. The summed E-state index contributed by atoms with van der Waals surface area (Å²) in [4.78, 5) is 12.8. The van der Waals surface area contributed by atoms with E-state index in [9.17, 15) is 9.46 Å². The van der Waals surface area contributed by atoms with E-state index in [1.165, 1.54) is 128 Å². The molecule has 42 heavy (non-hydrogen) atoms. The molecule has 2 unspecified atom stereocenters. The lowest BCUT2D eigenvalue weighted by molar-refractivity contribution is -0.235. The van der Waals surface area contributed by atoms with E-state index in [2.05, 4.69) is 27.7 Å². The first-order valence-electron chi connectivity index (χ1n) is 18.9. The van der Waals surface area contributed by atoms with Crippen molar-refractivity contribution in [1.82, 2.24) is 0 Å². The molecular formula is C36H72O4P2. The highest BCUT2D eigenvalue weighted by Gasteiger charge is 2.48. The van der Waals surface area contributed by atoms with Crippen molar-refractivity contribution in [3.8, 4) is 0 Å². The molecule has 0 aliphatic heterocycles. The number of hydrogen-bond donors (Lipinski definition) is 0. The summed E-state index contributed by atoms with van der Waals surface area (Å²) in [6.07, 6.45) is 35.3. The summed E-state index contributed by atoms with van der Waals surface area (Å²) >= 11 is 0. The standard InChI is InChI=1S/C36H72O4P2/c1-5-9-13-20-30-41(31-21-14-10-6-2,32-22-15-11-7-3)36(25-17-12-8-4)33-26-28-35(29-27-33)40-42(37,38)39-34-23-18-16-19-24-34/h33-36H,5-32H2,1-4H3. The molecule has 0 amide bonds. The molecule has 0 radical (unpaired) electrons. The molecule has 4 nitrogen and oxygen atoms in total. The third-order valence-electron chi connectivity index (χ3n) is 10.5. The van der Waals surface area contributed by atoms with Crippen LogP contribution in [0.25, 0.3) is 0 Å². The first-order valence-corrected chi connectivity index (χ1v) is 22.8. The van der Waals surface area contributed by atoms with Gasteiger partial charge in [-0.05, 0) is 95.8 Å². The zero-order valence-electron chi connectivity index (χ0n) is 28.6. The van der Waals surface area contributed by atoms with E-state index >= 15 is 0 Å². The molecule has 0 N–H and O–H groups in total. The van der Waals surface area contributed by atoms with E-state index in [1.54, 1.807) is 0 Å². The average Bonchev–Trinajstić information content (AvgIpc) is 2.98. The van der Waals surface area contributed by atoms with E-state index < -0.39 is 15.1 Å². The van der Waals surface area contributed by atoms with Crippen LogP contribution < -0.4 is 4.89 Å². The van der Waals surface area contributed by atoms with Crippen LogP contribution in [-0.2, 0) is 13.6 Å². The summed E-state index contributed by atoms with van der Waals surface area (Å²) in [7, 11) is -5.34. The maximum atomic E-state index is 12.8. The van der Waals surface area contributed by atoms with Crippen LogP contribution in [-0.4, -0.2) is 36.4 Å². The minimum absolute atomic E-state index is 0.167. The van der Waals surface area contributed by atoms with Gasteiger partial charge >= 0.3 is 0 Å². The van der Waals surface area contributed by atoms with Gasteiger partial charge in [0.1, 0.15) is 0 Å². The van der Waals surface area contributed by atoms with E-state index in [-0.39, 0.29) is 12.2 Å². The van der Waals surface area contributed by atoms with Gasteiger partial charge in [0, 0.05) is 7.26 Å². The summed E-state index contributed by atoms with van der Waals surface area (Å²) in [5, 5.41) is 0. The van der Waals surface area contributed by atoms with Crippen LogP contribution in [0.3, 0.4) is 0 Å². The predicted octanol–water partition coefficient (Wildman–Crippen LogP) is 12.1. The molecule has 2 saturated carbocycles. The second-order valence-electron chi connectivity index (χ2n) is 14.1. The molecule has 0 heterocycles. The van der Waals surface area contributed by atoms with Crippen molar-refractivity contribution in [3.63, 3.8) is 0 Å². The van der Waals surface area contributed by atoms with Gasteiger partial charge in [-0.25, -0.2) is 0 Å². The van der Waals surface area contributed by atoms with Crippen LogP contribution in [0.5, 0.6) is 0 Å². The molecule has 0 aromatic rings. The Kier molecular flexibility index (Phi) is 21.2. The van der Waals surface area contributed by atoms with Crippen molar-refractivity contribution in [2.45, 2.75) is 206 Å². The van der Waals surface area contributed by atoms with Crippen molar-refractivity contribution >= 4 is 15.1 Å². The molecule has 0 bridgehead atoms. The van der Waals surface area contributed by atoms with Gasteiger partial charge in [-0.1, -0.05) is 98.3 Å². The fraction of sp³-hybridized carbons (Fsp3) is 1.00. The number of hydrogen-bond acceptors (Lipinski definition) is 4. The minimum Gasteiger partial charge on any atom is -0.756 e. The lowest BCUT2D eigenvalue weighted by Gasteiger charge is -2.43. The summed E-state index contributed by atoms with van der Waals surface area (Å²) in [5.74, 6) is 0.754. The lowest BCUT2D eigenvalue weighted by Crippen LogP contribution is -2.34. The molecule has 2 aliphatic carbocycles. The first kappa shape index (κ1) is 38.7. The van der Waals surface area contributed by atoms with Gasteiger partial charge in [0.25, 0.3) is 7.82 Å². The zero-order chi connectivity index (χ0) is 30.5. The van der Waals surface area contributed by atoms with Crippen LogP contribution in [0.1, 0.15) is 188 Å². The van der Waals surface area contributed by atoms with Crippen LogP contribution in [0.2, 0.25) is 0 Å². The Bertz CT molecular complexity index is 657. The van der Waals surface area contributed by atoms with Gasteiger partial charge in [-0.3, -0.25) is 4.57 Å². The molecule has 6 heteroatoms. The van der Waals surface area contributed by atoms with Crippen LogP contribution in [0.15, 0.2) is 0 Å². The van der Waals surface area contributed by atoms with Crippen molar-refractivity contribution in [3.05, 3.63) is 0 Å². The summed E-state index contributed by atoms with van der Waals surface area (Å²) in [5.41, 5.74) is 0.882. The average molecular weight is 631 g/mol. The smallest absolute Gasteiger partial charge is 0.268 e. The summed E-state index contributed by atoms with van der Waals surface area (Å²) in [6.45, 7) is 9.36. The molecular weight excluding hydrogens is 558 g/mol. The van der Waals surface area contributed by atoms with Crippen LogP contribution in [0, 0.1) is 5.92 Å². The molecule has 2 atom stereocenters. The number of phosphoric acid groups is 1. The normalized spacial score (nSPS) is 22.7. The SMILES string of the molecule is CCCCCC[P+](CCCCCC)(CCCCCC)C(CCCCC)C1CCC(OP(=O)([O-])OC2CCCCC2)CC1. The molecule has 0 aromatic heterocycles. The van der Waals surface area contributed by atoms with Crippen molar-refractivity contribution in [2.24, 2.45) is 5.92 Å². The molecule has 0 spiro atoms. The lowest BCUT2D eigenvalue weighted by atomic mass is 9.83. The number of unbranched alkanes of at least 4 members (excludes halogenated alkanes) is 11. The van der Waals surface area contributed by atoms with Gasteiger partial charge in [0.05, 0.1) is 36.4 Å². The predicted molar refractivity (Wildman–Crippen MR) is 184 cm³/mol. The van der Waals surface area contributed by atoms with E-state index in [1.807, 2.05) is 0 Å². The highest BCUT2D eigenvalue weighted by molar-refractivity contribution is 7.76. The fourth-order valence-electron chi connectivity index (χ4n) is 8.09. The fourth-order valence-corrected chi connectivity index (χ4v) is 15.4. The number of rotatable bonds is 25. The molecule has 2 rings (SSSR count). The maximum absolute atomic E-state index is 12.8. The zero-order valence-corrected chi connectivity index (χ0v) is 30.4. The number of phosphoric ester groups is 1. The molecule has 250 valence electrons. The Morgan fingerprint density at radius 2 is 1.02 bits per heavy atom. The molecule has 2 fully saturated rings. The molecule has 2 aliphatic rings. The molecule has 0 aromatic carbocycles. The second-order valence-corrected chi connectivity index (χ2v) is 19.8. The van der Waals surface area contributed by atoms with Gasteiger partial charge in [0.2, 0.25) is 0 Å². The summed E-state index contributed by atoms with van der Waals surface area (Å²) < 4.78 is 24.1. The highest BCUT2D eigenvalue weighted by atomic mass is 31.2. The Morgan fingerprint density at radius 3 is 1.48 bits per heavy atom.